The molecule has 1 aromatic heterocycles. The lowest BCUT2D eigenvalue weighted by molar-refractivity contribution is -0.137. The van der Waals surface area contributed by atoms with E-state index in [2.05, 4.69) is 16.8 Å². The summed E-state index contributed by atoms with van der Waals surface area (Å²) in [6.07, 6.45) is 0.854. The quantitative estimate of drug-likeness (QED) is 0.616. The number of benzene rings is 2. The number of rotatable bonds is 6. The zero-order valence-corrected chi connectivity index (χ0v) is 17.3. The van der Waals surface area contributed by atoms with Crippen molar-refractivity contribution in [2.24, 2.45) is 0 Å². The zero-order valence-electron chi connectivity index (χ0n) is 16.5. The van der Waals surface area contributed by atoms with Gasteiger partial charge in [0.2, 0.25) is 5.91 Å². The molecule has 156 valence electrons. The molecule has 1 aliphatic rings. The van der Waals surface area contributed by atoms with Crippen LogP contribution < -0.4 is 5.32 Å². The van der Waals surface area contributed by atoms with Crippen molar-refractivity contribution in [3.8, 4) is 0 Å². The lowest BCUT2D eigenvalue weighted by Gasteiger charge is -2.36. The van der Waals surface area contributed by atoms with Gasteiger partial charge in [0.1, 0.15) is 6.61 Å². The Labute approximate surface area is 178 Å². The second kappa shape index (κ2) is 8.93. The summed E-state index contributed by atoms with van der Waals surface area (Å²) in [5, 5.41) is 5.29. The molecule has 0 fully saturated rings. The topological polar surface area (TPSA) is 41.6 Å². The molecule has 1 N–H and O–H groups in total. The van der Waals surface area contributed by atoms with E-state index in [0.29, 0.717) is 18.7 Å². The average Bonchev–Trinajstić information content (AvgIpc) is 3.23. The van der Waals surface area contributed by atoms with Crippen LogP contribution in [-0.2, 0) is 22.5 Å². The first-order valence-corrected chi connectivity index (χ1v) is 10.6. The van der Waals surface area contributed by atoms with Gasteiger partial charge in [-0.2, -0.15) is 0 Å². The highest BCUT2D eigenvalue weighted by Crippen LogP contribution is 2.38. The summed E-state index contributed by atoms with van der Waals surface area (Å²) in [6, 6.07) is 13.7. The minimum absolute atomic E-state index is 0.0279. The largest absolute Gasteiger partial charge is 0.381 e. The van der Waals surface area contributed by atoms with Crippen LogP contribution in [0.5, 0.6) is 0 Å². The lowest BCUT2D eigenvalue weighted by Crippen LogP contribution is -2.41. The number of thiophene rings is 1. The van der Waals surface area contributed by atoms with Gasteiger partial charge >= 0.3 is 0 Å². The summed E-state index contributed by atoms with van der Waals surface area (Å²) in [5.74, 6) is -1.73. The van der Waals surface area contributed by atoms with Gasteiger partial charge in [0.25, 0.3) is 0 Å². The first kappa shape index (κ1) is 20.5. The molecule has 2 heterocycles. The van der Waals surface area contributed by atoms with E-state index in [9.17, 15) is 13.6 Å². The van der Waals surface area contributed by atoms with E-state index in [1.165, 1.54) is 18.1 Å². The smallest absolute Gasteiger partial charge is 0.249 e. The number of nitrogens with zero attached hydrogens (tertiary/aromatic N) is 1. The number of nitrogens with one attached hydrogen (secondary N) is 1. The molecule has 1 aliphatic heterocycles. The summed E-state index contributed by atoms with van der Waals surface area (Å²) < 4.78 is 31.5. The third-order valence-corrected chi connectivity index (χ3v) is 6.26. The van der Waals surface area contributed by atoms with Gasteiger partial charge in [-0.1, -0.05) is 18.2 Å². The molecule has 30 heavy (non-hydrogen) atoms. The Hall–Kier alpha value is -2.77. The molecule has 2 aromatic carbocycles. The Morgan fingerprint density at radius 3 is 2.70 bits per heavy atom. The van der Waals surface area contributed by atoms with E-state index in [1.807, 2.05) is 29.2 Å². The summed E-state index contributed by atoms with van der Waals surface area (Å²) in [7, 11) is 1.53. The predicted octanol–water partition coefficient (Wildman–Crippen LogP) is 4.76. The molecule has 7 heteroatoms. The molecule has 0 saturated heterocycles. The highest BCUT2D eigenvalue weighted by Gasteiger charge is 2.32. The fraction of sp³-hybridized carbons (Fsp3) is 0.261. The van der Waals surface area contributed by atoms with Crippen molar-refractivity contribution < 1.29 is 18.3 Å². The van der Waals surface area contributed by atoms with E-state index in [4.69, 9.17) is 4.74 Å². The molecule has 0 saturated carbocycles. The van der Waals surface area contributed by atoms with Gasteiger partial charge in [0.15, 0.2) is 11.6 Å². The molecule has 1 atom stereocenters. The molecule has 0 aliphatic carbocycles. The number of fused-ring (bicyclic) bond motifs is 1. The first-order valence-electron chi connectivity index (χ1n) is 9.69. The Balaban J connectivity index is 1.52. The third kappa shape index (κ3) is 4.22. The molecule has 0 bridgehead atoms. The van der Waals surface area contributed by atoms with Gasteiger partial charge in [-0.25, -0.2) is 8.78 Å². The van der Waals surface area contributed by atoms with Gasteiger partial charge in [-0.3, -0.25) is 4.79 Å². The number of halogens is 2. The monoisotopic (exact) mass is 428 g/mol. The maximum absolute atomic E-state index is 13.4. The molecule has 3 aromatic rings. The number of amides is 1. The van der Waals surface area contributed by atoms with Crippen molar-refractivity contribution in [1.82, 2.24) is 4.90 Å². The van der Waals surface area contributed by atoms with Crippen molar-refractivity contribution >= 4 is 22.9 Å². The number of methoxy groups -OCH3 is 1. The summed E-state index contributed by atoms with van der Waals surface area (Å²) in [4.78, 5) is 15.8. The van der Waals surface area contributed by atoms with Crippen molar-refractivity contribution in [3.63, 3.8) is 0 Å². The summed E-state index contributed by atoms with van der Waals surface area (Å²) >= 11 is 1.72. The van der Waals surface area contributed by atoms with Gasteiger partial charge in [0, 0.05) is 30.8 Å². The second-order valence-electron chi connectivity index (χ2n) is 7.20. The lowest BCUT2D eigenvalue weighted by atomic mass is 9.93. The minimum Gasteiger partial charge on any atom is -0.381 e. The van der Waals surface area contributed by atoms with Crippen molar-refractivity contribution in [2.45, 2.75) is 19.0 Å². The van der Waals surface area contributed by atoms with Crippen LogP contribution in [0.4, 0.5) is 14.5 Å². The fourth-order valence-corrected chi connectivity index (χ4v) is 4.69. The average molecular weight is 429 g/mol. The number of carbonyl (C=O) groups excluding carboxylic acids is 1. The highest BCUT2D eigenvalue weighted by molar-refractivity contribution is 7.10. The Bertz CT molecular complexity index is 1040. The molecule has 0 unspecified atom stereocenters. The third-order valence-electron chi connectivity index (χ3n) is 5.26. The predicted molar refractivity (Wildman–Crippen MR) is 114 cm³/mol. The number of hydrogen-bond donors (Lipinski definition) is 1. The molecule has 4 rings (SSSR count). The second-order valence-corrected chi connectivity index (χ2v) is 8.20. The van der Waals surface area contributed by atoms with E-state index in [0.717, 1.165) is 29.3 Å². The van der Waals surface area contributed by atoms with Crippen molar-refractivity contribution in [3.05, 3.63) is 87.1 Å². The van der Waals surface area contributed by atoms with Crippen LogP contribution in [0.25, 0.3) is 0 Å². The van der Waals surface area contributed by atoms with Crippen LogP contribution in [0.3, 0.4) is 0 Å². The standard InChI is InChI=1S/C23H22F2N2O2S/c1-29-14-22(28)27-10-8-21-18(9-11-30-21)23(27)16-3-5-17(6-4-16)26-13-15-2-7-19(24)20(25)12-15/h2-7,9,11-12,23,26H,8,10,13-14H2,1H3/t23-/m0/s1. The first-order chi connectivity index (χ1) is 14.6. The van der Waals surface area contributed by atoms with Crippen molar-refractivity contribution in [2.75, 3.05) is 25.6 Å². The SMILES string of the molecule is COCC(=O)N1CCc2sccc2[C@@H]1c1ccc(NCc2ccc(F)c(F)c2)cc1. The Morgan fingerprint density at radius 2 is 1.97 bits per heavy atom. The maximum atomic E-state index is 13.4. The van der Waals surface area contributed by atoms with Gasteiger partial charge in [-0.15, -0.1) is 11.3 Å². The maximum Gasteiger partial charge on any atom is 0.249 e. The van der Waals surface area contributed by atoms with Crippen LogP contribution in [0.15, 0.2) is 53.9 Å². The van der Waals surface area contributed by atoms with Crippen LogP contribution in [0.2, 0.25) is 0 Å². The highest BCUT2D eigenvalue weighted by atomic mass is 32.1. The van der Waals surface area contributed by atoms with E-state index < -0.39 is 11.6 Å². The summed E-state index contributed by atoms with van der Waals surface area (Å²) in [5.41, 5.74) is 3.71. The van der Waals surface area contributed by atoms with Crippen LogP contribution in [0, 0.1) is 11.6 Å². The molecule has 0 radical (unpaired) electrons. The van der Waals surface area contributed by atoms with Gasteiger partial charge in [-0.05, 0) is 58.8 Å². The molecule has 1 amide bonds. The fourth-order valence-electron chi connectivity index (χ4n) is 3.79. The normalized spacial score (nSPS) is 15.7. The van der Waals surface area contributed by atoms with Crippen molar-refractivity contribution in [1.29, 1.82) is 0 Å². The Morgan fingerprint density at radius 1 is 1.17 bits per heavy atom. The minimum atomic E-state index is -0.852. The summed E-state index contributed by atoms with van der Waals surface area (Å²) in [6.45, 7) is 1.10. The molecular formula is C23H22F2N2O2S. The Kier molecular flexibility index (Phi) is 6.11. The molecular weight excluding hydrogens is 406 g/mol. The zero-order chi connectivity index (χ0) is 21.1. The van der Waals surface area contributed by atoms with E-state index >= 15 is 0 Å². The van der Waals surface area contributed by atoms with E-state index in [1.54, 1.807) is 17.4 Å². The van der Waals surface area contributed by atoms with Crippen LogP contribution >= 0.6 is 11.3 Å². The number of ether oxygens (including phenoxy) is 1. The van der Waals surface area contributed by atoms with Gasteiger partial charge < -0.3 is 15.0 Å². The van der Waals surface area contributed by atoms with Gasteiger partial charge in [0.05, 0.1) is 6.04 Å². The van der Waals surface area contributed by atoms with Crippen LogP contribution in [0.1, 0.15) is 27.6 Å². The molecule has 4 nitrogen and oxygen atoms in total. The number of hydrogen-bond acceptors (Lipinski definition) is 4. The van der Waals surface area contributed by atoms with E-state index in [-0.39, 0.29) is 18.6 Å². The number of carbonyl (C=O) groups is 1. The van der Waals surface area contributed by atoms with Crippen LogP contribution in [-0.4, -0.2) is 31.1 Å². The molecule has 0 spiro atoms. The number of anilines is 1.